The van der Waals surface area contributed by atoms with Crippen LogP contribution in [-0.2, 0) is 0 Å². The van der Waals surface area contributed by atoms with Crippen LogP contribution in [0.5, 0.6) is 0 Å². The van der Waals surface area contributed by atoms with E-state index in [4.69, 9.17) is 11.6 Å². The summed E-state index contributed by atoms with van der Waals surface area (Å²) >= 11 is 5.53. The summed E-state index contributed by atoms with van der Waals surface area (Å²) in [5, 5.41) is 0. The summed E-state index contributed by atoms with van der Waals surface area (Å²) in [5.41, 5.74) is 1.55. The predicted molar refractivity (Wildman–Crippen MR) is 60.8 cm³/mol. The van der Waals surface area contributed by atoms with E-state index in [0.29, 0.717) is 0 Å². The van der Waals surface area contributed by atoms with Crippen LogP contribution in [0.4, 0.5) is 5.95 Å². The molecule has 0 bridgehead atoms. The summed E-state index contributed by atoms with van der Waals surface area (Å²) in [6.45, 7) is 3.79. The number of anilines is 1. The molecule has 0 aromatic carbocycles. The van der Waals surface area contributed by atoms with E-state index >= 15 is 0 Å². The largest absolute Gasteiger partial charge is 0.373 e. The van der Waals surface area contributed by atoms with Crippen LogP contribution >= 0.6 is 11.6 Å². The van der Waals surface area contributed by atoms with Gasteiger partial charge in [0.2, 0.25) is 5.95 Å². The van der Waals surface area contributed by atoms with Crippen LogP contribution < -0.4 is 4.90 Å². The molecule has 1 aliphatic heterocycles. The van der Waals surface area contributed by atoms with Gasteiger partial charge in [0.05, 0.1) is 0 Å². The first kappa shape index (κ1) is 10.2. The molecule has 1 aromatic rings. The fourth-order valence-electron chi connectivity index (χ4n) is 1.61. The summed E-state index contributed by atoms with van der Waals surface area (Å²) < 4.78 is 0. The van der Waals surface area contributed by atoms with Gasteiger partial charge in [0.25, 0.3) is 0 Å². The predicted octanol–water partition coefficient (Wildman–Crippen LogP) is 1.31. The van der Waals surface area contributed by atoms with Crippen molar-refractivity contribution in [2.75, 3.05) is 31.1 Å². The first-order valence-corrected chi connectivity index (χ1v) is 5.36. The van der Waals surface area contributed by atoms with Crippen LogP contribution in [0.1, 0.15) is 0 Å². The number of hydrogen-bond donors (Lipinski definition) is 0. The lowest BCUT2D eigenvalue weighted by Gasteiger charge is -2.33. The Morgan fingerprint density at radius 3 is 2.40 bits per heavy atom. The Bertz CT molecular complexity index is 319. The minimum Gasteiger partial charge on any atom is -0.373 e. The van der Waals surface area contributed by atoms with Gasteiger partial charge in [0, 0.05) is 50.3 Å². The molecule has 1 aliphatic rings. The standard InChI is InChI=1S/C10H13ClN4/c11-2-5-14-6-8-15(9-7-14)10-12-3-1-4-13-10/h1-5H,6-9H2. The fourth-order valence-corrected chi connectivity index (χ4v) is 1.76. The topological polar surface area (TPSA) is 32.3 Å². The van der Waals surface area contributed by atoms with E-state index in [9.17, 15) is 0 Å². The minimum atomic E-state index is 0.812. The molecule has 1 fully saturated rings. The number of hydrogen-bond acceptors (Lipinski definition) is 4. The third kappa shape index (κ3) is 2.59. The zero-order valence-corrected chi connectivity index (χ0v) is 9.14. The normalized spacial score (nSPS) is 17.4. The van der Waals surface area contributed by atoms with Crippen molar-refractivity contribution < 1.29 is 0 Å². The molecule has 80 valence electrons. The maximum Gasteiger partial charge on any atom is 0.225 e. The van der Waals surface area contributed by atoms with Crippen molar-refractivity contribution in [3.63, 3.8) is 0 Å². The van der Waals surface area contributed by atoms with Crippen molar-refractivity contribution in [2.45, 2.75) is 0 Å². The molecule has 0 aliphatic carbocycles. The number of aromatic nitrogens is 2. The molecule has 0 amide bonds. The highest BCUT2D eigenvalue weighted by Gasteiger charge is 2.15. The van der Waals surface area contributed by atoms with Gasteiger partial charge in [0.1, 0.15) is 0 Å². The van der Waals surface area contributed by atoms with E-state index in [1.165, 1.54) is 0 Å². The molecule has 1 aromatic heterocycles. The summed E-state index contributed by atoms with van der Waals surface area (Å²) in [6.07, 6.45) is 5.45. The highest BCUT2D eigenvalue weighted by molar-refractivity contribution is 6.25. The van der Waals surface area contributed by atoms with E-state index in [-0.39, 0.29) is 0 Å². The van der Waals surface area contributed by atoms with Gasteiger partial charge in [-0.2, -0.15) is 0 Å². The monoisotopic (exact) mass is 224 g/mol. The van der Waals surface area contributed by atoms with Crippen LogP contribution in [0, 0.1) is 0 Å². The minimum absolute atomic E-state index is 0.812. The van der Waals surface area contributed by atoms with Crippen molar-refractivity contribution >= 4 is 17.5 Å². The van der Waals surface area contributed by atoms with Crippen molar-refractivity contribution in [1.29, 1.82) is 0 Å². The molecular weight excluding hydrogens is 212 g/mol. The lowest BCUT2D eigenvalue weighted by Crippen LogP contribution is -2.44. The summed E-state index contributed by atoms with van der Waals surface area (Å²) in [7, 11) is 0. The number of piperazine rings is 1. The maximum atomic E-state index is 5.53. The van der Waals surface area contributed by atoms with Crippen molar-refractivity contribution in [3.8, 4) is 0 Å². The van der Waals surface area contributed by atoms with Gasteiger partial charge in [0.15, 0.2) is 0 Å². The molecule has 0 spiro atoms. The van der Waals surface area contributed by atoms with E-state index in [1.54, 1.807) is 17.9 Å². The van der Waals surface area contributed by atoms with Crippen LogP contribution in [0.15, 0.2) is 30.2 Å². The van der Waals surface area contributed by atoms with Gasteiger partial charge in [-0.05, 0) is 6.07 Å². The second kappa shape index (κ2) is 4.98. The highest BCUT2D eigenvalue weighted by Crippen LogP contribution is 2.09. The average Bonchev–Trinajstić information content (AvgIpc) is 2.32. The molecule has 0 saturated carbocycles. The van der Waals surface area contributed by atoms with E-state index in [2.05, 4.69) is 19.8 Å². The van der Waals surface area contributed by atoms with Gasteiger partial charge in [-0.3, -0.25) is 0 Å². The Balaban J connectivity index is 1.94. The maximum absolute atomic E-state index is 5.53. The molecule has 5 heteroatoms. The van der Waals surface area contributed by atoms with Crippen molar-refractivity contribution in [2.24, 2.45) is 0 Å². The molecule has 4 nitrogen and oxygen atoms in total. The van der Waals surface area contributed by atoms with Crippen LogP contribution in [0.3, 0.4) is 0 Å². The van der Waals surface area contributed by atoms with E-state index in [0.717, 1.165) is 32.1 Å². The smallest absolute Gasteiger partial charge is 0.225 e. The third-order valence-corrected chi connectivity index (χ3v) is 2.53. The van der Waals surface area contributed by atoms with Gasteiger partial charge >= 0.3 is 0 Å². The first-order chi connectivity index (χ1) is 7.40. The van der Waals surface area contributed by atoms with E-state index < -0.39 is 0 Å². The zero-order chi connectivity index (χ0) is 10.5. The molecule has 0 atom stereocenters. The third-order valence-electron chi connectivity index (χ3n) is 2.42. The van der Waals surface area contributed by atoms with Crippen molar-refractivity contribution in [1.82, 2.24) is 14.9 Å². The van der Waals surface area contributed by atoms with Gasteiger partial charge in [-0.25, -0.2) is 9.97 Å². The molecule has 2 heterocycles. The van der Waals surface area contributed by atoms with Gasteiger partial charge in [-0.1, -0.05) is 11.6 Å². The van der Waals surface area contributed by atoms with Crippen LogP contribution in [-0.4, -0.2) is 41.0 Å². The first-order valence-electron chi connectivity index (χ1n) is 4.93. The molecule has 0 unspecified atom stereocenters. The zero-order valence-electron chi connectivity index (χ0n) is 8.38. The lowest BCUT2D eigenvalue weighted by atomic mass is 10.3. The van der Waals surface area contributed by atoms with Gasteiger partial charge in [-0.15, -0.1) is 0 Å². The van der Waals surface area contributed by atoms with Crippen LogP contribution in [0.2, 0.25) is 0 Å². The van der Waals surface area contributed by atoms with Crippen molar-refractivity contribution in [3.05, 3.63) is 30.2 Å². The Morgan fingerprint density at radius 1 is 1.13 bits per heavy atom. The Labute approximate surface area is 94.2 Å². The number of rotatable bonds is 2. The second-order valence-corrected chi connectivity index (χ2v) is 3.60. The van der Waals surface area contributed by atoms with Gasteiger partial charge < -0.3 is 9.80 Å². The molecule has 1 saturated heterocycles. The molecule has 0 N–H and O–H groups in total. The number of nitrogens with zero attached hydrogens (tertiary/aromatic N) is 4. The SMILES string of the molecule is ClC=CN1CCN(c2ncccn2)CC1. The fraction of sp³-hybridized carbons (Fsp3) is 0.400. The quantitative estimate of drug-likeness (QED) is 0.758. The summed E-state index contributed by atoms with van der Waals surface area (Å²) in [5.74, 6) is 0.812. The summed E-state index contributed by atoms with van der Waals surface area (Å²) in [4.78, 5) is 12.8. The lowest BCUT2D eigenvalue weighted by molar-refractivity contribution is 0.347. The Hall–Kier alpha value is -1.29. The number of halogens is 1. The second-order valence-electron chi connectivity index (χ2n) is 3.35. The molecule has 2 rings (SSSR count). The van der Waals surface area contributed by atoms with E-state index in [1.807, 2.05) is 12.3 Å². The average molecular weight is 225 g/mol. The Morgan fingerprint density at radius 2 is 1.80 bits per heavy atom. The van der Waals surface area contributed by atoms with Crippen LogP contribution in [0.25, 0.3) is 0 Å². The molecular formula is C10H13ClN4. The molecule has 0 radical (unpaired) electrons. The summed E-state index contributed by atoms with van der Waals surface area (Å²) in [6, 6.07) is 1.83. The highest BCUT2D eigenvalue weighted by atomic mass is 35.5. The Kier molecular flexibility index (Phi) is 3.40. The molecule has 15 heavy (non-hydrogen) atoms.